The van der Waals surface area contributed by atoms with E-state index in [1.807, 2.05) is 0 Å². The molecule has 20 heavy (non-hydrogen) atoms. The minimum absolute atomic E-state index is 0. The van der Waals surface area contributed by atoms with Gasteiger partial charge in [0.1, 0.15) is 18.3 Å². The predicted octanol–water partition coefficient (Wildman–Crippen LogP) is -6.76. The van der Waals surface area contributed by atoms with Crippen molar-refractivity contribution in [2.75, 3.05) is 6.61 Å². The summed E-state index contributed by atoms with van der Waals surface area (Å²) in [5, 5.41) is 54.3. The maximum Gasteiger partial charge on any atom is 2.00 e. The molecule has 0 aliphatic carbocycles. The first-order valence-electron chi connectivity index (χ1n) is 5.17. The standard InChI is InChI=1S/C5H10O5.C4H7NO4.Mg/c6-1-2-3(7)4(8)5(9)10-2;5-2(4(8)9)1-3(6)7;/h2-9H,1H2;2H,1,5H2,(H,6,7)(H,8,9);/q;;+2/p-2/t2-,3-,4-,5?;2-;/m10./s1. The van der Waals surface area contributed by atoms with Crippen molar-refractivity contribution in [3.8, 4) is 0 Å². The zero-order chi connectivity index (χ0) is 15.2. The van der Waals surface area contributed by atoms with Crippen LogP contribution in [0.4, 0.5) is 0 Å². The molecule has 1 aliphatic rings. The zero-order valence-electron chi connectivity index (χ0n) is 10.4. The predicted molar refractivity (Wildman–Crippen MR) is 58.3 cm³/mol. The van der Waals surface area contributed by atoms with E-state index >= 15 is 0 Å². The molecule has 112 valence electrons. The molecular weight excluding hydrogens is 290 g/mol. The fourth-order valence-electron chi connectivity index (χ4n) is 1.14. The first-order valence-corrected chi connectivity index (χ1v) is 5.17. The number of hydrogen-bond donors (Lipinski definition) is 5. The molecule has 10 nitrogen and oxygen atoms in total. The number of aliphatic carboxylic acids is 2. The van der Waals surface area contributed by atoms with Gasteiger partial charge in [0.15, 0.2) is 6.29 Å². The van der Waals surface area contributed by atoms with Crippen molar-refractivity contribution < 1.29 is 45.0 Å². The molecule has 1 fully saturated rings. The van der Waals surface area contributed by atoms with E-state index in [9.17, 15) is 19.8 Å². The molecule has 0 amide bonds. The molecule has 0 spiro atoms. The maximum absolute atomic E-state index is 9.71. The molecule has 0 bridgehead atoms. The second-order valence-electron chi connectivity index (χ2n) is 3.73. The van der Waals surface area contributed by atoms with E-state index < -0.39 is 55.6 Å². The van der Waals surface area contributed by atoms with Crippen molar-refractivity contribution in [3.05, 3.63) is 0 Å². The van der Waals surface area contributed by atoms with Crippen LogP contribution >= 0.6 is 0 Å². The van der Waals surface area contributed by atoms with Crippen LogP contribution in [0.2, 0.25) is 0 Å². The third-order valence-electron chi connectivity index (χ3n) is 2.21. The second kappa shape index (κ2) is 10.2. The molecular formula is C9H15MgNO9. The smallest absolute Gasteiger partial charge is 0.550 e. The molecule has 0 saturated carbocycles. The van der Waals surface area contributed by atoms with Gasteiger partial charge >= 0.3 is 23.1 Å². The Hall–Kier alpha value is -0.534. The number of hydrogen-bond acceptors (Lipinski definition) is 10. The van der Waals surface area contributed by atoms with Crippen molar-refractivity contribution in [1.82, 2.24) is 0 Å². The molecule has 5 atom stereocenters. The summed E-state index contributed by atoms with van der Waals surface area (Å²) in [6.45, 7) is -0.407. The molecule has 1 heterocycles. The van der Waals surface area contributed by atoms with Crippen LogP contribution in [-0.4, -0.2) is 92.7 Å². The Bertz CT molecular complexity index is 316. The van der Waals surface area contributed by atoms with Crippen LogP contribution in [0.5, 0.6) is 0 Å². The molecule has 0 aromatic heterocycles. The van der Waals surface area contributed by atoms with Gasteiger partial charge in [0.2, 0.25) is 0 Å². The summed E-state index contributed by atoms with van der Waals surface area (Å²) in [5.41, 5.74) is 4.73. The van der Waals surface area contributed by atoms with Crippen LogP contribution in [0.15, 0.2) is 0 Å². The van der Waals surface area contributed by atoms with Gasteiger partial charge in [-0.25, -0.2) is 0 Å². The molecule has 1 rings (SSSR count). The number of carboxylic acid groups (broad SMARTS) is 2. The Kier molecular flexibility index (Phi) is 11.1. The Morgan fingerprint density at radius 3 is 1.85 bits per heavy atom. The average molecular weight is 306 g/mol. The molecule has 0 aromatic rings. The number of rotatable bonds is 4. The number of aliphatic hydroxyl groups excluding tert-OH is 4. The van der Waals surface area contributed by atoms with Gasteiger partial charge in [-0.15, -0.1) is 0 Å². The third kappa shape index (κ3) is 7.30. The number of nitrogens with two attached hydrogens (primary N) is 1. The molecule has 1 unspecified atom stereocenters. The Balaban J connectivity index is 0. The number of ether oxygens (including phenoxy) is 1. The van der Waals surface area contributed by atoms with E-state index in [1.165, 1.54) is 0 Å². The van der Waals surface area contributed by atoms with Crippen molar-refractivity contribution in [3.63, 3.8) is 0 Å². The fraction of sp³-hybridized carbons (Fsp3) is 0.778. The van der Waals surface area contributed by atoms with E-state index in [1.54, 1.807) is 0 Å². The fourth-order valence-corrected chi connectivity index (χ4v) is 1.14. The van der Waals surface area contributed by atoms with Crippen molar-refractivity contribution >= 4 is 35.0 Å². The summed E-state index contributed by atoms with van der Waals surface area (Å²) < 4.78 is 4.54. The number of aliphatic hydroxyl groups is 4. The Morgan fingerprint density at radius 1 is 1.20 bits per heavy atom. The Morgan fingerprint density at radius 2 is 1.70 bits per heavy atom. The van der Waals surface area contributed by atoms with Gasteiger partial charge in [0.25, 0.3) is 0 Å². The van der Waals surface area contributed by atoms with Crippen LogP contribution in [0, 0.1) is 0 Å². The summed E-state index contributed by atoms with van der Waals surface area (Å²) in [6, 6.07) is -1.46. The van der Waals surface area contributed by atoms with Crippen LogP contribution in [0.25, 0.3) is 0 Å². The first kappa shape index (κ1) is 21.8. The third-order valence-corrected chi connectivity index (χ3v) is 2.21. The minimum Gasteiger partial charge on any atom is -0.550 e. The van der Waals surface area contributed by atoms with Gasteiger partial charge in [-0.2, -0.15) is 0 Å². The van der Waals surface area contributed by atoms with E-state index in [2.05, 4.69) is 4.74 Å². The van der Waals surface area contributed by atoms with E-state index in [0.29, 0.717) is 0 Å². The summed E-state index contributed by atoms with van der Waals surface area (Å²) in [5.74, 6) is -3.08. The minimum atomic E-state index is -1.58. The monoisotopic (exact) mass is 305 g/mol. The van der Waals surface area contributed by atoms with Crippen molar-refractivity contribution in [1.29, 1.82) is 0 Å². The van der Waals surface area contributed by atoms with Crippen molar-refractivity contribution in [2.24, 2.45) is 5.73 Å². The molecule has 6 N–H and O–H groups in total. The molecule has 1 saturated heterocycles. The number of carbonyl (C=O) groups excluding carboxylic acids is 2. The molecule has 1 aliphatic heterocycles. The molecule has 0 radical (unpaired) electrons. The topological polar surface area (TPSA) is 196 Å². The van der Waals surface area contributed by atoms with Gasteiger partial charge in [-0.1, -0.05) is 0 Å². The molecule has 11 heteroatoms. The second-order valence-corrected chi connectivity index (χ2v) is 3.73. The Labute approximate surface area is 129 Å². The molecule has 0 aromatic carbocycles. The van der Waals surface area contributed by atoms with Crippen LogP contribution in [0.1, 0.15) is 6.42 Å². The summed E-state index contributed by atoms with van der Waals surface area (Å²) in [6.07, 6.45) is -5.46. The van der Waals surface area contributed by atoms with Gasteiger partial charge in [0, 0.05) is 18.4 Å². The summed E-state index contributed by atoms with van der Waals surface area (Å²) in [7, 11) is 0. The van der Waals surface area contributed by atoms with E-state index in [-0.39, 0.29) is 23.1 Å². The van der Waals surface area contributed by atoms with Crippen LogP contribution in [-0.2, 0) is 14.3 Å². The number of carboxylic acids is 2. The van der Waals surface area contributed by atoms with Gasteiger partial charge in [-0.3, -0.25) is 0 Å². The van der Waals surface area contributed by atoms with Crippen molar-refractivity contribution in [2.45, 2.75) is 37.1 Å². The largest absolute Gasteiger partial charge is 2.00 e. The first-order chi connectivity index (χ1) is 8.70. The maximum atomic E-state index is 9.71. The van der Waals surface area contributed by atoms with Crippen LogP contribution in [0.3, 0.4) is 0 Å². The van der Waals surface area contributed by atoms with Gasteiger partial charge in [-0.05, 0) is 0 Å². The van der Waals surface area contributed by atoms with E-state index in [4.69, 9.17) is 26.2 Å². The van der Waals surface area contributed by atoms with Gasteiger partial charge in [0.05, 0.1) is 12.6 Å². The van der Waals surface area contributed by atoms with Crippen LogP contribution < -0.4 is 15.9 Å². The van der Waals surface area contributed by atoms with Gasteiger partial charge < -0.3 is 50.7 Å². The quantitative estimate of drug-likeness (QED) is 0.311. The zero-order valence-corrected chi connectivity index (χ0v) is 11.8. The SMILES string of the molecule is N[C@@H](CC(=O)[O-])C(=O)[O-].OC[C@H]1OC(O)[C@H](O)[C@@H]1O.[Mg+2]. The summed E-state index contributed by atoms with van der Waals surface area (Å²) in [4.78, 5) is 19.3. The normalized spacial score (nSPS) is 29.6. The average Bonchev–Trinajstić information content (AvgIpc) is 2.56. The number of carbonyl (C=O) groups is 2. The van der Waals surface area contributed by atoms with E-state index in [0.717, 1.165) is 0 Å². The summed E-state index contributed by atoms with van der Waals surface area (Å²) >= 11 is 0.